The van der Waals surface area contributed by atoms with Gasteiger partial charge in [-0.25, -0.2) is 4.68 Å². The maximum atomic E-state index is 12.7. The number of hydrogen-bond acceptors (Lipinski definition) is 2. The average molecular weight is 408 g/mol. The number of amides is 1. The molecule has 31 heavy (non-hydrogen) atoms. The molecule has 5 rings (SSSR count). The first kappa shape index (κ1) is 19.3. The van der Waals surface area contributed by atoms with Crippen molar-refractivity contribution in [2.75, 3.05) is 13.1 Å². The topological polar surface area (TPSA) is 38.1 Å². The van der Waals surface area contributed by atoms with Crippen molar-refractivity contribution in [3.8, 4) is 16.9 Å². The van der Waals surface area contributed by atoms with E-state index in [2.05, 4.69) is 30.3 Å². The van der Waals surface area contributed by atoms with Crippen LogP contribution in [0.5, 0.6) is 0 Å². The summed E-state index contributed by atoms with van der Waals surface area (Å²) in [6, 6.07) is 24.8. The third-order valence-corrected chi connectivity index (χ3v) is 5.86. The van der Waals surface area contributed by atoms with E-state index in [0.29, 0.717) is 0 Å². The molecule has 1 fully saturated rings. The third kappa shape index (κ3) is 4.15. The molecule has 1 amide bonds. The number of fused-ring (bicyclic) bond motifs is 1. The van der Waals surface area contributed by atoms with Crippen LogP contribution in [0.4, 0.5) is 0 Å². The number of para-hydroxylation sites is 1. The van der Waals surface area contributed by atoms with Gasteiger partial charge < -0.3 is 4.90 Å². The SMILES string of the molecule is O=C(/C=C/c1cn(-c2ccccc2)nc1-c1ccc2ccccc2c1)N1CCCCC1. The molecule has 4 heteroatoms. The van der Waals surface area contributed by atoms with Gasteiger partial charge in [0, 0.05) is 36.5 Å². The summed E-state index contributed by atoms with van der Waals surface area (Å²) in [4.78, 5) is 14.6. The van der Waals surface area contributed by atoms with Crippen LogP contribution in [0.15, 0.2) is 85.1 Å². The van der Waals surface area contributed by atoms with Crippen molar-refractivity contribution in [3.05, 3.63) is 90.6 Å². The first-order valence-corrected chi connectivity index (χ1v) is 10.9. The maximum absolute atomic E-state index is 12.7. The van der Waals surface area contributed by atoms with Gasteiger partial charge in [0.1, 0.15) is 0 Å². The Bertz CT molecular complexity index is 1230. The first-order valence-electron chi connectivity index (χ1n) is 10.9. The Balaban J connectivity index is 1.54. The number of rotatable bonds is 4. The molecule has 0 atom stereocenters. The Morgan fingerprint density at radius 1 is 0.839 bits per heavy atom. The van der Waals surface area contributed by atoms with Gasteiger partial charge in [-0.1, -0.05) is 54.6 Å². The number of nitrogens with zero attached hydrogens (tertiary/aromatic N) is 3. The Hall–Kier alpha value is -3.66. The van der Waals surface area contributed by atoms with Gasteiger partial charge in [0.25, 0.3) is 0 Å². The van der Waals surface area contributed by atoms with E-state index in [-0.39, 0.29) is 5.91 Å². The quantitative estimate of drug-likeness (QED) is 0.406. The van der Waals surface area contributed by atoms with Crippen molar-refractivity contribution >= 4 is 22.8 Å². The molecule has 4 aromatic rings. The Labute approximate surface area is 182 Å². The summed E-state index contributed by atoms with van der Waals surface area (Å²) in [5, 5.41) is 7.26. The van der Waals surface area contributed by atoms with E-state index >= 15 is 0 Å². The molecule has 1 aromatic heterocycles. The lowest BCUT2D eigenvalue weighted by molar-refractivity contribution is -0.126. The largest absolute Gasteiger partial charge is 0.339 e. The van der Waals surface area contributed by atoms with E-state index < -0.39 is 0 Å². The van der Waals surface area contributed by atoms with Gasteiger partial charge in [0.2, 0.25) is 5.91 Å². The highest BCUT2D eigenvalue weighted by atomic mass is 16.2. The molecule has 3 aromatic carbocycles. The second-order valence-electron chi connectivity index (χ2n) is 7.99. The number of likely N-dealkylation sites (tertiary alicyclic amines) is 1. The molecule has 0 unspecified atom stereocenters. The first-order chi connectivity index (χ1) is 15.3. The molecule has 0 N–H and O–H groups in total. The van der Waals surface area contributed by atoms with Crippen LogP contribution in [-0.4, -0.2) is 33.7 Å². The number of aromatic nitrogens is 2. The van der Waals surface area contributed by atoms with E-state index in [1.165, 1.54) is 17.2 Å². The van der Waals surface area contributed by atoms with Gasteiger partial charge in [-0.2, -0.15) is 5.10 Å². The lowest BCUT2D eigenvalue weighted by atomic mass is 10.0. The smallest absolute Gasteiger partial charge is 0.246 e. The average Bonchev–Trinajstić information content (AvgIpc) is 3.27. The molecule has 0 aliphatic carbocycles. The number of hydrogen-bond donors (Lipinski definition) is 0. The monoisotopic (exact) mass is 407 g/mol. The van der Waals surface area contributed by atoms with Gasteiger partial charge in [0.15, 0.2) is 0 Å². The number of carbonyl (C=O) groups is 1. The van der Waals surface area contributed by atoms with Crippen molar-refractivity contribution in [1.29, 1.82) is 0 Å². The third-order valence-electron chi connectivity index (χ3n) is 5.86. The number of benzene rings is 3. The van der Waals surface area contributed by atoms with Gasteiger partial charge >= 0.3 is 0 Å². The highest BCUT2D eigenvalue weighted by Crippen LogP contribution is 2.28. The molecule has 0 bridgehead atoms. The van der Waals surface area contributed by atoms with Crippen LogP contribution in [0.25, 0.3) is 33.8 Å². The van der Waals surface area contributed by atoms with E-state index in [9.17, 15) is 4.79 Å². The zero-order valence-corrected chi connectivity index (χ0v) is 17.4. The van der Waals surface area contributed by atoms with Crippen LogP contribution in [-0.2, 0) is 4.79 Å². The molecule has 4 nitrogen and oxygen atoms in total. The minimum absolute atomic E-state index is 0.0802. The molecule has 0 radical (unpaired) electrons. The van der Waals surface area contributed by atoms with Crippen LogP contribution < -0.4 is 0 Å². The second kappa shape index (κ2) is 8.60. The molecule has 0 spiro atoms. The summed E-state index contributed by atoms with van der Waals surface area (Å²) in [5.41, 5.74) is 3.84. The van der Waals surface area contributed by atoms with Crippen molar-refractivity contribution in [2.24, 2.45) is 0 Å². The predicted molar refractivity (Wildman–Crippen MR) is 126 cm³/mol. The normalized spacial score (nSPS) is 14.4. The van der Waals surface area contributed by atoms with Gasteiger partial charge in [-0.3, -0.25) is 4.79 Å². The molecule has 0 saturated carbocycles. The van der Waals surface area contributed by atoms with Gasteiger partial charge in [-0.15, -0.1) is 0 Å². The molecule has 154 valence electrons. The Kier molecular flexibility index (Phi) is 5.36. The fourth-order valence-electron chi connectivity index (χ4n) is 4.16. The van der Waals surface area contributed by atoms with Crippen molar-refractivity contribution in [1.82, 2.24) is 14.7 Å². The summed E-state index contributed by atoms with van der Waals surface area (Å²) in [5.74, 6) is 0.0802. The summed E-state index contributed by atoms with van der Waals surface area (Å²) in [6.45, 7) is 1.70. The van der Waals surface area contributed by atoms with Crippen LogP contribution in [0, 0.1) is 0 Å². The molecule has 1 aliphatic heterocycles. The highest BCUT2D eigenvalue weighted by Gasteiger charge is 2.15. The summed E-state index contributed by atoms with van der Waals surface area (Å²) in [7, 11) is 0. The standard InChI is InChI=1S/C27H25N3O/c31-26(29-17-7-2-8-18-29)16-15-24-20-30(25-11-3-1-4-12-25)28-27(24)23-14-13-21-9-5-6-10-22(21)19-23/h1,3-6,9-16,19-20H,2,7-8,17-18H2/b16-15+. The maximum Gasteiger partial charge on any atom is 0.246 e. The summed E-state index contributed by atoms with van der Waals surface area (Å²) < 4.78 is 1.88. The van der Waals surface area contributed by atoms with Crippen molar-refractivity contribution in [3.63, 3.8) is 0 Å². The highest BCUT2D eigenvalue weighted by molar-refractivity contribution is 5.93. The number of carbonyl (C=O) groups excluding carboxylic acids is 1. The van der Waals surface area contributed by atoms with Crippen molar-refractivity contribution < 1.29 is 4.79 Å². The molecule has 2 heterocycles. The Morgan fingerprint density at radius 3 is 2.39 bits per heavy atom. The molecule has 1 saturated heterocycles. The zero-order chi connectivity index (χ0) is 21.0. The van der Waals surface area contributed by atoms with E-state index in [1.807, 2.05) is 64.3 Å². The van der Waals surface area contributed by atoms with E-state index in [0.717, 1.165) is 48.4 Å². The minimum atomic E-state index is 0.0802. The van der Waals surface area contributed by atoms with E-state index in [1.54, 1.807) is 6.08 Å². The lowest BCUT2D eigenvalue weighted by Crippen LogP contribution is -2.34. The molecular weight excluding hydrogens is 382 g/mol. The lowest BCUT2D eigenvalue weighted by Gasteiger charge is -2.25. The fourth-order valence-corrected chi connectivity index (χ4v) is 4.16. The predicted octanol–water partition coefficient (Wildman–Crippen LogP) is 5.72. The summed E-state index contributed by atoms with van der Waals surface area (Å²) in [6.07, 6.45) is 9.00. The van der Waals surface area contributed by atoms with Gasteiger partial charge in [0.05, 0.1) is 11.4 Å². The molecule has 1 aliphatic rings. The van der Waals surface area contributed by atoms with Gasteiger partial charge in [-0.05, 0) is 54.3 Å². The second-order valence-corrected chi connectivity index (χ2v) is 7.99. The summed E-state index contributed by atoms with van der Waals surface area (Å²) >= 11 is 0. The molecular formula is C27H25N3O. The van der Waals surface area contributed by atoms with Crippen LogP contribution in [0.1, 0.15) is 24.8 Å². The fraction of sp³-hybridized carbons (Fsp3) is 0.185. The van der Waals surface area contributed by atoms with Crippen molar-refractivity contribution in [2.45, 2.75) is 19.3 Å². The zero-order valence-electron chi connectivity index (χ0n) is 17.4. The van der Waals surface area contributed by atoms with Crippen LogP contribution >= 0.6 is 0 Å². The Morgan fingerprint density at radius 2 is 1.58 bits per heavy atom. The number of piperidine rings is 1. The van der Waals surface area contributed by atoms with Crippen LogP contribution in [0.2, 0.25) is 0 Å². The minimum Gasteiger partial charge on any atom is -0.339 e. The van der Waals surface area contributed by atoms with Crippen LogP contribution in [0.3, 0.4) is 0 Å². The van der Waals surface area contributed by atoms with E-state index in [4.69, 9.17) is 5.10 Å².